The molecule has 2 aliphatic rings. The van der Waals surface area contributed by atoms with E-state index in [1.165, 1.54) is 12.1 Å². The van der Waals surface area contributed by atoms with Gasteiger partial charge in [0.15, 0.2) is 12.3 Å². The predicted molar refractivity (Wildman–Crippen MR) is 240 cm³/mol. The number of unbranched alkanes of at least 4 members (excludes halogenated alkanes) is 2. The highest BCUT2D eigenvalue weighted by Gasteiger charge is 2.48. The number of methoxy groups -OCH3 is 2. The molecule has 0 radical (unpaired) electrons. The molecule has 2 N–H and O–H groups in total. The zero-order chi connectivity index (χ0) is 46.5. The second-order valence-corrected chi connectivity index (χ2v) is 20.6. The van der Waals surface area contributed by atoms with E-state index in [4.69, 9.17) is 22.6 Å². The molecule has 0 spiro atoms. The van der Waals surface area contributed by atoms with Crippen molar-refractivity contribution in [2.24, 2.45) is 0 Å². The van der Waals surface area contributed by atoms with Crippen LogP contribution in [0.25, 0.3) is 0 Å². The highest BCUT2D eigenvalue weighted by Crippen LogP contribution is 2.51. The Balaban J connectivity index is 1.72. The maximum Gasteiger partial charge on any atom is 0.303 e. The Labute approximate surface area is 372 Å². The van der Waals surface area contributed by atoms with Crippen molar-refractivity contribution < 1.29 is 66.9 Å². The molecule has 63 heavy (non-hydrogen) atoms. The lowest BCUT2D eigenvalue weighted by Crippen LogP contribution is -2.32. The Bertz CT molecular complexity index is 2430. The van der Waals surface area contributed by atoms with Crippen molar-refractivity contribution in [3.05, 3.63) is 95.8 Å². The number of aliphatic carboxylic acids is 1. The summed E-state index contributed by atoms with van der Waals surface area (Å²) in [6.07, 6.45) is 16.0. The summed E-state index contributed by atoms with van der Waals surface area (Å²) in [5, 5.41) is 9.17. The number of carboxylic acids is 1. The van der Waals surface area contributed by atoms with Crippen LogP contribution in [-0.2, 0) is 68.6 Å². The Hall–Kier alpha value is -4.05. The molecule has 2 aromatic rings. The van der Waals surface area contributed by atoms with Crippen molar-refractivity contribution >= 4 is 53.4 Å². The number of nitrogens with zero attached hydrogens (tertiary/aromatic N) is 2. The molecule has 2 unspecified atom stereocenters. The van der Waals surface area contributed by atoms with Crippen molar-refractivity contribution in [3.8, 4) is 0 Å². The van der Waals surface area contributed by atoms with E-state index in [1.807, 2.05) is 61.0 Å². The minimum atomic E-state index is -4.25. The second-order valence-electron chi connectivity index (χ2n) is 15.6. The van der Waals surface area contributed by atoms with Gasteiger partial charge in [0.25, 0.3) is 30.4 Å². The van der Waals surface area contributed by atoms with Gasteiger partial charge in [-0.2, -0.15) is 29.8 Å². The molecule has 19 heteroatoms. The molecule has 2 atom stereocenters. The average Bonchev–Trinajstić information content (AvgIpc) is 3.61. The molecule has 0 fully saturated rings. The van der Waals surface area contributed by atoms with Crippen LogP contribution < -0.4 is 4.90 Å². The van der Waals surface area contributed by atoms with Crippen molar-refractivity contribution in [1.82, 2.24) is 0 Å². The number of hydrogen-bond acceptors (Lipinski definition) is 13. The number of benzene rings is 2. The van der Waals surface area contributed by atoms with Crippen molar-refractivity contribution in [2.75, 3.05) is 78.6 Å². The molecule has 0 bridgehead atoms. The van der Waals surface area contributed by atoms with Crippen molar-refractivity contribution in [3.63, 3.8) is 0 Å². The summed E-state index contributed by atoms with van der Waals surface area (Å²) in [5.74, 6) is -1.32. The summed E-state index contributed by atoms with van der Waals surface area (Å²) >= 11 is 0. The summed E-state index contributed by atoms with van der Waals surface area (Å²) in [6.45, 7) is 6.44. The summed E-state index contributed by atoms with van der Waals surface area (Å²) < 4.78 is 112. The van der Waals surface area contributed by atoms with Gasteiger partial charge in [0.05, 0.1) is 48.4 Å². The molecule has 4 rings (SSSR count). The van der Waals surface area contributed by atoms with Crippen LogP contribution in [0.15, 0.2) is 94.4 Å². The van der Waals surface area contributed by atoms with E-state index in [0.29, 0.717) is 70.8 Å². The predicted octanol–water partition coefficient (Wildman–Crippen LogP) is 6.06. The Morgan fingerprint density at radius 3 is 2.00 bits per heavy atom. The fraction of sp³-hybridized carbons (Fsp3) is 0.500. The zero-order valence-electron chi connectivity index (χ0n) is 36.8. The maximum absolute atomic E-state index is 12.9. The van der Waals surface area contributed by atoms with Crippen LogP contribution in [0.1, 0.15) is 69.9 Å². The molecule has 348 valence electrons. The van der Waals surface area contributed by atoms with E-state index in [1.54, 1.807) is 38.5 Å². The Kier molecular flexibility index (Phi) is 18.6. The number of hydrogen-bond donors (Lipinski definition) is 2. The fourth-order valence-corrected chi connectivity index (χ4v) is 9.98. The summed E-state index contributed by atoms with van der Waals surface area (Å²) in [5.41, 5.74) is 3.12. The Morgan fingerprint density at radius 2 is 1.37 bits per heavy atom. The lowest BCUT2D eigenvalue weighted by Gasteiger charge is -2.30. The summed E-state index contributed by atoms with van der Waals surface area (Å²) in [4.78, 5) is 13.3. The van der Waals surface area contributed by atoms with E-state index in [-0.39, 0.29) is 29.1 Å². The Morgan fingerprint density at radius 1 is 0.730 bits per heavy atom. The third kappa shape index (κ3) is 13.0. The molecule has 0 saturated heterocycles. The largest absolute Gasteiger partial charge is 0.481 e. The molecule has 2 heterocycles. The lowest BCUT2D eigenvalue weighted by atomic mass is 9.76. The lowest BCUT2D eigenvalue weighted by molar-refractivity contribution is -0.441. The average molecular weight is 938 g/mol. The van der Waals surface area contributed by atoms with Gasteiger partial charge in [-0.15, -0.1) is 0 Å². The van der Waals surface area contributed by atoms with Gasteiger partial charge in [-0.05, 0) is 87.9 Å². The first-order valence-electron chi connectivity index (χ1n) is 20.6. The summed E-state index contributed by atoms with van der Waals surface area (Å²) in [7, 11) is -6.93. The minimum absolute atomic E-state index is 0.0298. The molecular weight excluding hydrogens is 877 g/mol. The molecule has 0 aromatic heterocycles. The van der Waals surface area contributed by atoms with Crippen LogP contribution in [0, 0.1) is 0 Å². The van der Waals surface area contributed by atoms with Gasteiger partial charge >= 0.3 is 5.97 Å². The van der Waals surface area contributed by atoms with Crippen LogP contribution >= 0.6 is 0 Å². The molecule has 2 aromatic carbocycles. The van der Waals surface area contributed by atoms with Gasteiger partial charge in [0.2, 0.25) is 5.69 Å². The van der Waals surface area contributed by atoms with Gasteiger partial charge in [0, 0.05) is 68.3 Å². The highest BCUT2D eigenvalue weighted by molar-refractivity contribution is 7.87. The van der Waals surface area contributed by atoms with Gasteiger partial charge in [-0.3, -0.25) is 17.7 Å². The number of allylic oxidation sites excluding steroid dienone is 8. The normalized spacial score (nSPS) is 20.0. The molecular formula is C44H61N2O14S3+. The van der Waals surface area contributed by atoms with Crippen LogP contribution in [0.4, 0.5) is 11.4 Å². The van der Waals surface area contributed by atoms with Crippen molar-refractivity contribution in [2.45, 2.75) is 79.4 Å². The van der Waals surface area contributed by atoms with E-state index < -0.39 is 52.9 Å². The number of fused-ring (bicyclic) bond motifs is 2. The van der Waals surface area contributed by atoms with Gasteiger partial charge in [0.1, 0.15) is 6.61 Å². The molecule has 2 aliphatic heterocycles. The van der Waals surface area contributed by atoms with E-state index >= 15 is 0 Å². The molecule has 0 saturated carbocycles. The van der Waals surface area contributed by atoms with Crippen molar-refractivity contribution in [1.29, 1.82) is 0 Å². The van der Waals surface area contributed by atoms with E-state index in [9.17, 15) is 39.7 Å². The third-order valence-electron chi connectivity index (χ3n) is 11.4. The second kappa shape index (κ2) is 22.7. The minimum Gasteiger partial charge on any atom is -0.481 e. The fourth-order valence-electron chi connectivity index (χ4n) is 8.09. The number of carboxylic acid groups (broad SMARTS) is 1. The van der Waals surface area contributed by atoms with E-state index in [2.05, 4.69) is 4.90 Å². The standard InChI is InChI=1S/C44H60N2O14S3/c1-43(23-15-31-61(49,50)51)36-32-34(62(52,53)58-5)20-22-39(36)46(26-28-56-3)40(43)16-11-8-7-9-12-17-41-44(2,24-27-60-30-29-57-4)37-33-35(63(54,55)59-6)19-21-38(37)45(41)25-14-10-13-18-42(47)48/h7-9,11-12,16-17,19-22,32-33H,10,13-15,18,23-31H2,1-6H3,(H-,47,48,49,50,51)/p+1. The smallest absolute Gasteiger partial charge is 0.303 e. The van der Waals surface area contributed by atoms with Gasteiger partial charge in [-0.1, -0.05) is 36.8 Å². The molecule has 0 aliphatic carbocycles. The van der Waals surface area contributed by atoms with Gasteiger partial charge < -0.3 is 24.2 Å². The quantitative estimate of drug-likeness (QED) is 0.0343. The maximum atomic E-state index is 12.9. The van der Waals surface area contributed by atoms with Gasteiger partial charge in [-0.25, -0.2) is 0 Å². The molecule has 16 nitrogen and oxygen atoms in total. The topological polar surface area (TPSA) is 212 Å². The zero-order valence-corrected chi connectivity index (χ0v) is 39.3. The SMILES string of the molecule is COCCOCCC1(C)C(=CC=CC=CC=CC2=[N+](CCOC)c3ccc(S(=O)(=O)OC)cc3C2(C)CCCS(=O)(=O)O)N(CCCCCC(=O)O)c2ccc(S(=O)(=O)OC)cc21. The monoisotopic (exact) mass is 937 g/mol. The first-order valence-corrected chi connectivity index (χ1v) is 25.0. The third-order valence-corrected chi connectivity index (χ3v) is 14.8. The van der Waals surface area contributed by atoms with Crippen LogP contribution in [-0.4, -0.2) is 125 Å². The number of carbonyl (C=O) groups is 1. The van der Waals surface area contributed by atoms with Crippen LogP contribution in [0.5, 0.6) is 0 Å². The highest BCUT2D eigenvalue weighted by atomic mass is 32.2. The van der Waals surface area contributed by atoms with Crippen LogP contribution in [0.2, 0.25) is 0 Å². The van der Waals surface area contributed by atoms with Crippen LogP contribution in [0.3, 0.4) is 0 Å². The summed E-state index contributed by atoms with van der Waals surface area (Å²) in [6, 6.07) is 9.66. The first kappa shape index (κ1) is 51.6. The number of ether oxygens (including phenoxy) is 3. The van der Waals surface area contributed by atoms with E-state index in [0.717, 1.165) is 42.6 Å². The molecule has 0 amide bonds. The first-order chi connectivity index (χ1) is 29.8. The number of anilines is 1. The number of rotatable bonds is 27.